The van der Waals surface area contributed by atoms with Gasteiger partial charge < -0.3 is 29.4 Å². The van der Waals surface area contributed by atoms with Crippen LogP contribution in [0.4, 0.5) is 0 Å². The predicted molar refractivity (Wildman–Crippen MR) is 155 cm³/mol. The number of nitrogens with two attached hydrogens (primary N) is 1. The number of ether oxygens (including phenoxy) is 5. The standard InChI is InChI=1S/C32H33N3O7/c1-20-17-35(30(37)34-28(20)36)29-26-27(33)31(42-29,18-40-26)19-41-32(21-7-5-4-6-8-21,22-9-13-24(38-2)14-10-22)23-11-15-25(39-3)16-12-23/h4-17,26-27,29H,18-19,33H2,1-3H3,(H,34,36,37)/t26-,27+,29-,31-/m1/s1. The van der Waals surface area contributed by atoms with Gasteiger partial charge in [-0.25, -0.2) is 4.79 Å². The molecule has 0 spiro atoms. The summed E-state index contributed by atoms with van der Waals surface area (Å²) in [6.45, 7) is 1.85. The van der Waals surface area contributed by atoms with Gasteiger partial charge in [0.25, 0.3) is 5.56 Å². The monoisotopic (exact) mass is 571 g/mol. The molecule has 3 aromatic carbocycles. The van der Waals surface area contributed by atoms with E-state index in [1.54, 1.807) is 21.1 Å². The summed E-state index contributed by atoms with van der Waals surface area (Å²) in [5, 5.41) is 0. The molecule has 3 N–H and O–H groups in total. The van der Waals surface area contributed by atoms with Gasteiger partial charge in [-0.1, -0.05) is 54.6 Å². The van der Waals surface area contributed by atoms with Crippen LogP contribution in [-0.4, -0.2) is 54.7 Å². The van der Waals surface area contributed by atoms with Crippen LogP contribution in [0.15, 0.2) is 94.6 Å². The van der Waals surface area contributed by atoms with E-state index in [0.717, 1.165) is 16.7 Å². The van der Waals surface area contributed by atoms with Gasteiger partial charge in [-0.15, -0.1) is 0 Å². The van der Waals surface area contributed by atoms with Gasteiger partial charge in [-0.3, -0.25) is 14.3 Å². The number of aromatic nitrogens is 2. The van der Waals surface area contributed by atoms with E-state index >= 15 is 0 Å². The highest BCUT2D eigenvalue weighted by atomic mass is 16.6. The SMILES string of the molecule is COc1ccc(C(OC[C@@]23CO[C@@H]([C@H](n4cc(C)c(=O)[nH]c4=O)O2)[C@@H]3N)(c2ccccc2)c2ccc(OC)cc2)cc1. The Labute approximate surface area is 242 Å². The third kappa shape index (κ3) is 4.53. The number of fused-ring (bicyclic) bond motifs is 2. The lowest BCUT2D eigenvalue weighted by Crippen LogP contribution is -2.51. The second-order valence-corrected chi connectivity index (χ2v) is 10.6. The van der Waals surface area contributed by atoms with Crippen LogP contribution in [0.1, 0.15) is 28.5 Å². The van der Waals surface area contributed by atoms with Crippen LogP contribution in [0.3, 0.4) is 0 Å². The molecule has 2 bridgehead atoms. The molecule has 4 aromatic rings. The van der Waals surface area contributed by atoms with Crippen molar-refractivity contribution < 1.29 is 23.7 Å². The Morgan fingerprint density at radius 2 is 1.50 bits per heavy atom. The third-order valence-corrected chi connectivity index (χ3v) is 8.24. The maximum absolute atomic E-state index is 12.7. The van der Waals surface area contributed by atoms with Gasteiger partial charge in [0.05, 0.1) is 33.5 Å². The topological polar surface area (TPSA) is 127 Å². The minimum atomic E-state index is -1.08. The van der Waals surface area contributed by atoms with E-state index in [2.05, 4.69) is 4.98 Å². The van der Waals surface area contributed by atoms with Crippen molar-refractivity contribution in [3.63, 3.8) is 0 Å². The van der Waals surface area contributed by atoms with E-state index in [-0.39, 0.29) is 13.2 Å². The van der Waals surface area contributed by atoms with Crippen LogP contribution >= 0.6 is 0 Å². The van der Waals surface area contributed by atoms with Gasteiger partial charge in [0.15, 0.2) is 6.23 Å². The van der Waals surface area contributed by atoms with Gasteiger partial charge in [-0.05, 0) is 47.9 Å². The first-order valence-electron chi connectivity index (χ1n) is 13.7. The van der Waals surface area contributed by atoms with E-state index in [4.69, 9.17) is 29.4 Å². The number of methoxy groups -OCH3 is 2. The van der Waals surface area contributed by atoms with Crippen molar-refractivity contribution in [2.24, 2.45) is 5.73 Å². The van der Waals surface area contributed by atoms with E-state index in [1.165, 1.54) is 10.8 Å². The molecule has 2 saturated heterocycles. The number of hydrogen-bond acceptors (Lipinski definition) is 8. The zero-order valence-electron chi connectivity index (χ0n) is 23.6. The number of hydrogen-bond donors (Lipinski definition) is 2. The highest BCUT2D eigenvalue weighted by Gasteiger charge is 2.61. The maximum atomic E-state index is 12.7. The molecule has 2 fully saturated rings. The number of nitrogens with one attached hydrogen (secondary N) is 1. The number of H-pyrrole nitrogens is 1. The lowest BCUT2D eigenvalue weighted by Gasteiger charge is -2.40. The lowest BCUT2D eigenvalue weighted by atomic mass is 9.79. The van der Waals surface area contributed by atoms with Crippen LogP contribution < -0.4 is 26.5 Å². The van der Waals surface area contributed by atoms with Crippen molar-refractivity contribution in [2.45, 2.75) is 36.5 Å². The first kappa shape index (κ1) is 27.9. The molecule has 6 rings (SSSR count). The molecule has 218 valence electrons. The van der Waals surface area contributed by atoms with Crippen molar-refractivity contribution in [2.75, 3.05) is 27.4 Å². The van der Waals surface area contributed by atoms with Gasteiger partial charge in [0.1, 0.15) is 28.8 Å². The maximum Gasteiger partial charge on any atom is 0.330 e. The molecule has 10 nitrogen and oxygen atoms in total. The van der Waals surface area contributed by atoms with Gasteiger partial charge in [-0.2, -0.15) is 0 Å². The molecular formula is C32H33N3O7. The smallest absolute Gasteiger partial charge is 0.330 e. The van der Waals surface area contributed by atoms with Gasteiger partial charge in [0, 0.05) is 11.8 Å². The molecule has 1 aromatic heterocycles. The molecule has 4 atom stereocenters. The zero-order valence-corrected chi connectivity index (χ0v) is 23.6. The third-order valence-electron chi connectivity index (χ3n) is 8.24. The zero-order chi connectivity index (χ0) is 29.5. The number of aryl methyl sites for hydroxylation is 1. The first-order valence-corrected chi connectivity index (χ1v) is 13.7. The molecular weight excluding hydrogens is 538 g/mol. The van der Waals surface area contributed by atoms with Crippen molar-refractivity contribution >= 4 is 0 Å². The van der Waals surface area contributed by atoms with Gasteiger partial charge >= 0.3 is 5.69 Å². The van der Waals surface area contributed by atoms with Crippen molar-refractivity contribution in [1.82, 2.24) is 9.55 Å². The number of rotatable bonds is 9. The van der Waals surface area contributed by atoms with E-state index < -0.39 is 40.8 Å². The van der Waals surface area contributed by atoms with Crippen molar-refractivity contribution in [1.29, 1.82) is 0 Å². The van der Waals surface area contributed by atoms with Crippen LogP contribution in [-0.2, 0) is 19.8 Å². The Kier molecular flexibility index (Phi) is 7.24. The fourth-order valence-corrected chi connectivity index (χ4v) is 5.88. The molecule has 2 aliphatic rings. The normalized spacial score (nSPS) is 23.2. The van der Waals surface area contributed by atoms with E-state index in [9.17, 15) is 9.59 Å². The Morgan fingerprint density at radius 1 is 0.929 bits per heavy atom. The summed E-state index contributed by atoms with van der Waals surface area (Å²) < 4.78 is 31.9. The fraction of sp³-hybridized carbons (Fsp3) is 0.312. The average Bonchev–Trinajstić information content (AvgIpc) is 3.49. The summed E-state index contributed by atoms with van der Waals surface area (Å²) in [5.41, 5.74) is 6.55. The summed E-state index contributed by atoms with van der Waals surface area (Å²) in [5.74, 6) is 1.43. The highest BCUT2D eigenvalue weighted by Crippen LogP contribution is 2.47. The van der Waals surface area contributed by atoms with E-state index in [1.807, 2.05) is 78.9 Å². The largest absolute Gasteiger partial charge is 0.497 e. The average molecular weight is 572 g/mol. The van der Waals surface area contributed by atoms with Crippen molar-refractivity contribution in [3.05, 3.63) is 128 Å². The number of nitrogens with zero attached hydrogens (tertiary/aromatic N) is 1. The summed E-state index contributed by atoms with van der Waals surface area (Å²) in [4.78, 5) is 27.0. The molecule has 0 unspecified atom stereocenters. The number of benzene rings is 3. The van der Waals surface area contributed by atoms with Crippen LogP contribution in [0.25, 0.3) is 0 Å². The molecule has 2 aliphatic heterocycles. The molecule has 0 saturated carbocycles. The van der Waals surface area contributed by atoms with E-state index in [0.29, 0.717) is 17.1 Å². The van der Waals surface area contributed by atoms with Crippen LogP contribution in [0, 0.1) is 6.92 Å². The minimum absolute atomic E-state index is 0.0468. The minimum Gasteiger partial charge on any atom is -0.497 e. The van der Waals surface area contributed by atoms with Crippen molar-refractivity contribution in [3.8, 4) is 11.5 Å². The number of aromatic amines is 1. The second-order valence-electron chi connectivity index (χ2n) is 10.6. The Morgan fingerprint density at radius 3 is 2.07 bits per heavy atom. The Bertz CT molecular complexity index is 1620. The molecule has 3 heterocycles. The Hall–Kier alpha value is -4.22. The Balaban J connectivity index is 1.44. The molecule has 0 radical (unpaired) electrons. The summed E-state index contributed by atoms with van der Waals surface area (Å²) in [6, 6.07) is 24.8. The molecule has 10 heteroatoms. The van der Waals surface area contributed by atoms with Gasteiger partial charge in [0.2, 0.25) is 0 Å². The summed E-state index contributed by atoms with van der Waals surface area (Å²) >= 11 is 0. The fourth-order valence-electron chi connectivity index (χ4n) is 5.88. The summed E-state index contributed by atoms with van der Waals surface area (Å²) in [7, 11) is 3.25. The second kappa shape index (κ2) is 10.9. The highest BCUT2D eigenvalue weighted by molar-refractivity contribution is 5.49. The first-order chi connectivity index (χ1) is 20.3. The quantitative estimate of drug-likeness (QED) is 0.294. The molecule has 42 heavy (non-hydrogen) atoms. The molecule has 0 aliphatic carbocycles. The van der Waals surface area contributed by atoms with Crippen LogP contribution in [0.2, 0.25) is 0 Å². The predicted octanol–water partition coefficient (Wildman–Crippen LogP) is 2.86. The van der Waals surface area contributed by atoms with Crippen LogP contribution in [0.5, 0.6) is 11.5 Å². The lowest BCUT2D eigenvalue weighted by molar-refractivity contribution is -0.201. The molecule has 0 amide bonds. The summed E-state index contributed by atoms with van der Waals surface area (Å²) in [6.07, 6.45) is 0.0401.